The predicted molar refractivity (Wildman–Crippen MR) is 56.6 cm³/mol. The molecule has 0 spiro atoms. The predicted octanol–water partition coefficient (Wildman–Crippen LogP) is 1.68. The zero-order chi connectivity index (χ0) is 10.6. The summed E-state index contributed by atoms with van der Waals surface area (Å²) in [5.41, 5.74) is 6.54. The number of rotatable bonds is 4. The molecule has 1 aromatic rings. The number of nitrogens with two attached hydrogens (primary N) is 1. The van der Waals surface area contributed by atoms with Crippen molar-refractivity contribution in [1.29, 1.82) is 0 Å². The highest BCUT2D eigenvalue weighted by Crippen LogP contribution is 2.30. The zero-order valence-corrected chi connectivity index (χ0v) is 8.66. The molecule has 3 heteroatoms. The maximum absolute atomic E-state index is 9.74. The van der Waals surface area contributed by atoms with Crippen molar-refractivity contribution in [1.82, 2.24) is 0 Å². The first-order chi connectivity index (χ1) is 6.65. The molecule has 1 rings (SSSR count). The van der Waals surface area contributed by atoms with E-state index in [1.807, 2.05) is 19.1 Å². The molecular weight excluding hydrogens is 178 g/mol. The average molecular weight is 195 g/mol. The third-order valence-corrected chi connectivity index (χ3v) is 2.17. The van der Waals surface area contributed by atoms with Gasteiger partial charge in [-0.2, -0.15) is 0 Å². The van der Waals surface area contributed by atoms with Crippen molar-refractivity contribution >= 4 is 0 Å². The molecule has 0 aromatic heterocycles. The lowest BCUT2D eigenvalue weighted by Crippen LogP contribution is -2.15. The molecule has 14 heavy (non-hydrogen) atoms. The Balaban J connectivity index is 2.76. The molecule has 3 nitrogen and oxygen atoms in total. The van der Waals surface area contributed by atoms with Gasteiger partial charge < -0.3 is 15.6 Å². The maximum Gasteiger partial charge on any atom is 0.160 e. The first kappa shape index (κ1) is 10.9. The molecule has 0 amide bonds. The van der Waals surface area contributed by atoms with Crippen LogP contribution in [0, 0.1) is 0 Å². The highest BCUT2D eigenvalue weighted by molar-refractivity contribution is 5.45. The monoisotopic (exact) mass is 195 g/mol. The van der Waals surface area contributed by atoms with Gasteiger partial charge in [0.25, 0.3) is 0 Å². The van der Waals surface area contributed by atoms with Gasteiger partial charge in [0, 0.05) is 6.04 Å². The highest BCUT2D eigenvalue weighted by Gasteiger charge is 2.07. The third-order valence-electron chi connectivity index (χ3n) is 2.17. The van der Waals surface area contributed by atoms with Gasteiger partial charge in [0.2, 0.25) is 0 Å². The van der Waals surface area contributed by atoms with Gasteiger partial charge in [-0.05, 0) is 31.4 Å². The number of benzene rings is 1. The Morgan fingerprint density at radius 2 is 2.21 bits per heavy atom. The lowest BCUT2D eigenvalue weighted by atomic mass is 10.1. The summed E-state index contributed by atoms with van der Waals surface area (Å²) in [6, 6.07) is 5.65. The first-order valence-electron chi connectivity index (χ1n) is 4.75. The second-order valence-corrected chi connectivity index (χ2v) is 3.48. The van der Waals surface area contributed by atoms with Gasteiger partial charge in [-0.15, -0.1) is 0 Å². The van der Waals surface area contributed by atoms with E-state index >= 15 is 0 Å². The molecule has 0 aliphatic rings. The summed E-state index contributed by atoms with van der Waals surface area (Å²) in [5.74, 6) is 0.753. The Hall–Kier alpha value is -1.22. The molecule has 1 atom stereocenters. The number of hydrogen-bond acceptors (Lipinski definition) is 3. The first-order valence-corrected chi connectivity index (χ1v) is 4.75. The van der Waals surface area contributed by atoms with Crippen molar-refractivity contribution in [2.45, 2.75) is 25.8 Å². The van der Waals surface area contributed by atoms with Crippen LogP contribution in [0.1, 0.15) is 18.9 Å². The van der Waals surface area contributed by atoms with E-state index < -0.39 is 0 Å². The molecular formula is C11H17NO2. The van der Waals surface area contributed by atoms with Crippen molar-refractivity contribution < 1.29 is 9.84 Å². The minimum atomic E-state index is 0.153. The second-order valence-electron chi connectivity index (χ2n) is 3.48. The van der Waals surface area contributed by atoms with Crippen molar-refractivity contribution in [3.63, 3.8) is 0 Å². The van der Waals surface area contributed by atoms with Crippen LogP contribution in [-0.4, -0.2) is 18.3 Å². The van der Waals surface area contributed by atoms with Crippen LogP contribution in [-0.2, 0) is 6.42 Å². The quantitative estimate of drug-likeness (QED) is 0.768. The summed E-state index contributed by atoms with van der Waals surface area (Å²) in [6.45, 7) is 1.96. The van der Waals surface area contributed by atoms with Gasteiger partial charge in [-0.25, -0.2) is 0 Å². The van der Waals surface area contributed by atoms with Crippen molar-refractivity contribution in [2.75, 3.05) is 7.11 Å². The molecule has 0 saturated heterocycles. The molecule has 0 fully saturated rings. The SMILES string of the molecule is COc1cccc(CC[C@@H](C)N)c1O. The molecule has 3 N–H and O–H groups in total. The van der Waals surface area contributed by atoms with Crippen LogP contribution in [0.15, 0.2) is 18.2 Å². The van der Waals surface area contributed by atoms with E-state index in [1.54, 1.807) is 13.2 Å². The summed E-state index contributed by atoms with van der Waals surface area (Å²) in [7, 11) is 1.55. The molecule has 0 aliphatic heterocycles. The molecule has 0 aliphatic carbocycles. The standard InChI is InChI=1S/C11H17NO2/c1-8(12)6-7-9-4-3-5-10(14-2)11(9)13/h3-5,8,13H,6-7,12H2,1-2H3/t8-/m1/s1. The highest BCUT2D eigenvalue weighted by atomic mass is 16.5. The van der Waals surface area contributed by atoms with Gasteiger partial charge in [0.05, 0.1) is 7.11 Å². The van der Waals surface area contributed by atoms with Crippen LogP contribution in [0.25, 0.3) is 0 Å². The van der Waals surface area contributed by atoms with E-state index in [2.05, 4.69) is 0 Å². The summed E-state index contributed by atoms with van der Waals surface area (Å²) in [5, 5.41) is 9.74. The maximum atomic E-state index is 9.74. The number of phenols is 1. The van der Waals surface area contributed by atoms with Gasteiger partial charge in [-0.3, -0.25) is 0 Å². The zero-order valence-electron chi connectivity index (χ0n) is 8.66. The number of methoxy groups -OCH3 is 1. The van der Waals surface area contributed by atoms with E-state index in [1.165, 1.54) is 0 Å². The van der Waals surface area contributed by atoms with Gasteiger partial charge in [-0.1, -0.05) is 12.1 Å². The lowest BCUT2D eigenvalue weighted by Gasteiger charge is -2.09. The van der Waals surface area contributed by atoms with Crippen molar-refractivity contribution in [2.24, 2.45) is 5.73 Å². The summed E-state index contributed by atoms with van der Waals surface area (Å²) < 4.78 is 5.01. The number of ether oxygens (including phenoxy) is 1. The van der Waals surface area contributed by atoms with E-state index in [9.17, 15) is 5.11 Å². The summed E-state index contributed by atoms with van der Waals surface area (Å²) >= 11 is 0. The van der Waals surface area contributed by atoms with E-state index in [0.29, 0.717) is 5.75 Å². The Kier molecular flexibility index (Phi) is 3.77. The fourth-order valence-electron chi connectivity index (χ4n) is 1.32. The average Bonchev–Trinajstić information content (AvgIpc) is 2.16. The molecule has 0 bridgehead atoms. The van der Waals surface area contributed by atoms with E-state index in [0.717, 1.165) is 18.4 Å². The Morgan fingerprint density at radius 1 is 1.50 bits per heavy atom. The Morgan fingerprint density at radius 3 is 2.79 bits per heavy atom. The minimum Gasteiger partial charge on any atom is -0.504 e. The van der Waals surface area contributed by atoms with Gasteiger partial charge >= 0.3 is 0 Å². The van der Waals surface area contributed by atoms with Crippen LogP contribution in [0.3, 0.4) is 0 Å². The number of aryl methyl sites for hydroxylation is 1. The lowest BCUT2D eigenvalue weighted by molar-refractivity contribution is 0.370. The number of phenolic OH excluding ortho intramolecular Hbond substituents is 1. The number of aromatic hydroxyl groups is 1. The summed E-state index contributed by atoms with van der Waals surface area (Å²) in [6.07, 6.45) is 1.64. The normalized spacial score (nSPS) is 12.5. The molecule has 1 aromatic carbocycles. The molecule has 78 valence electrons. The van der Waals surface area contributed by atoms with Gasteiger partial charge in [0.1, 0.15) is 0 Å². The topological polar surface area (TPSA) is 55.5 Å². The molecule has 0 heterocycles. The number of para-hydroxylation sites is 1. The minimum absolute atomic E-state index is 0.153. The second kappa shape index (κ2) is 4.86. The van der Waals surface area contributed by atoms with E-state index in [-0.39, 0.29) is 11.8 Å². The fraction of sp³-hybridized carbons (Fsp3) is 0.455. The summed E-state index contributed by atoms with van der Waals surface area (Å²) in [4.78, 5) is 0. The Labute approximate surface area is 84.5 Å². The fourth-order valence-corrected chi connectivity index (χ4v) is 1.32. The smallest absolute Gasteiger partial charge is 0.160 e. The largest absolute Gasteiger partial charge is 0.504 e. The molecule has 0 radical (unpaired) electrons. The molecule has 0 unspecified atom stereocenters. The third kappa shape index (κ3) is 2.64. The van der Waals surface area contributed by atoms with Crippen molar-refractivity contribution in [3.05, 3.63) is 23.8 Å². The van der Waals surface area contributed by atoms with Crippen LogP contribution in [0.4, 0.5) is 0 Å². The van der Waals surface area contributed by atoms with Gasteiger partial charge in [0.15, 0.2) is 11.5 Å². The van der Waals surface area contributed by atoms with Crippen LogP contribution in [0.2, 0.25) is 0 Å². The van der Waals surface area contributed by atoms with Crippen molar-refractivity contribution in [3.8, 4) is 11.5 Å². The molecule has 0 saturated carbocycles. The van der Waals surface area contributed by atoms with Crippen LogP contribution < -0.4 is 10.5 Å². The Bertz CT molecular complexity index is 297. The van der Waals surface area contributed by atoms with E-state index in [4.69, 9.17) is 10.5 Å². The van der Waals surface area contributed by atoms with Crippen LogP contribution in [0.5, 0.6) is 11.5 Å². The number of hydrogen-bond donors (Lipinski definition) is 2. The van der Waals surface area contributed by atoms with Crippen LogP contribution >= 0.6 is 0 Å².